The second-order valence-electron chi connectivity index (χ2n) is 3.01. The molecule has 1 nitrogen and oxygen atoms in total. The monoisotopic (exact) mass is 156 g/mol. The van der Waals surface area contributed by atoms with Gasteiger partial charge >= 0.3 is 0 Å². The smallest absolute Gasteiger partial charge is 0.292 e. The average molecular weight is 156 g/mol. The van der Waals surface area contributed by atoms with E-state index in [-0.39, 0.29) is 0 Å². The molecular weight excluding hydrogens is 135 g/mol. The van der Waals surface area contributed by atoms with Gasteiger partial charge in [-0.3, -0.25) is 0 Å². The summed E-state index contributed by atoms with van der Waals surface area (Å²) in [6, 6.07) is 0. The van der Waals surface area contributed by atoms with Crippen LogP contribution >= 0.6 is 0 Å². The molecule has 0 saturated heterocycles. The third kappa shape index (κ3) is 4.46. The molecule has 0 heterocycles. The maximum absolute atomic E-state index is 5.85. The Balaban J connectivity index is 3.58. The molecule has 0 unspecified atom stereocenters. The van der Waals surface area contributed by atoms with Crippen molar-refractivity contribution < 1.29 is 4.65 Å². The third-order valence-corrected chi connectivity index (χ3v) is 2.21. The van der Waals surface area contributed by atoms with Gasteiger partial charge in [-0.2, -0.15) is 0 Å². The van der Waals surface area contributed by atoms with E-state index < -0.39 is 0 Å². The van der Waals surface area contributed by atoms with Crippen LogP contribution in [0.15, 0.2) is 0 Å². The quantitative estimate of drug-likeness (QED) is 0.536. The van der Waals surface area contributed by atoms with Gasteiger partial charge in [0.2, 0.25) is 0 Å². The Morgan fingerprint density at radius 3 is 1.73 bits per heavy atom. The lowest BCUT2D eigenvalue weighted by atomic mass is 9.62. The van der Waals surface area contributed by atoms with Gasteiger partial charge in [0.05, 0.1) is 0 Å². The molecule has 0 N–H and O–H groups in total. The van der Waals surface area contributed by atoms with E-state index in [9.17, 15) is 0 Å². The topological polar surface area (TPSA) is 9.23 Å². The normalized spacial score (nSPS) is 10.6. The lowest BCUT2D eigenvalue weighted by Crippen LogP contribution is -2.23. The maximum atomic E-state index is 5.85. The predicted octanol–water partition coefficient (Wildman–Crippen LogP) is 3.22. The van der Waals surface area contributed by atoms with E-state index in [1.165, 1.54) is 0 Å². The van der Waals surface area contributed by atoms with Crippen molar-refractivity contribution in [2.24, 2.45) is 0 Å². The lowest BCUT2D eigenvalue weighted by molar-refractivity contribution is 0.191. The van der Waals surface area contributed by atoms with Gasteiger partial charge in [0.1, 0.15) is 0 Å². The van der Waals surface area contributed by atoms with E-state index in [1.54, 1.807) is 0 Å². The van der Waals surface area contributed by atoms with E-state index >= 15 is 0 Å². The summed E-state index contributed by atoms with van der Waals surface area (Å²) in [5.74, 6) is 0. The first-order valence-corrected chi connectivity index (χ1v) is 4.93. The Hall–Kier alpha value is 0.0249. The minimum absolute atomic E-state index is 0.486. The molecule has 0 amide bonds. The fraction of sp³-hybridized carbons (Fsp3) is 1.00. The van der Waals surface area contributed by atoms with Gasteiger partial charge in [-0.25, -0.2) is 0 Å². The van der Waals surface area contributed by atoms with Crippen molar-refractivity contribution in [3.8, 4) is 0 Å². The summed E-state index contributed by atoms with van der Waals surface area (Å²) in [6.45, 7) is 9.25. The van der Waals surface area contributed by atoms with Gasteiger partial charge in [0.25, 0.3) is 6.92 Å². The van der Waals surface area contributed by atoms with Crippen molar-refractivity contribution in [1.29, 1.82) is 0 Å². The van der Waals surface area contributed by atoms with E-state index in [4.69, 9.17) is 4.65 Å². The Kier molecular flexibility index (Phi) is 6.73. The number of rotatable bonds is 6. The fourth-order valence-electron chi connectivity index (χ4n) is 1.23. The first kappa shape index (κ1) is 11.0. The SMILES string of the molecule is CCB(CC)OC(CC)CC. The van der Waals surface area contributed by atoms with Crippen LogP contribution in [0.4, 0.5) is 0 Å². The van der Waals surface area contributed by atoms with Crippen molar-refractivity contribution >= 4 is 6.92 Å². The highest BCUT2D eigenvalue weighted by Crippen LogP contribution is 2.09. The highest BCUT2D eigenvalue weighted by Gasteiger charge is 2.14. The first-order valence-electron chi connectivity index (χ1n) is 4.93. The van der Waals surface area contributed by atoms with Crippen LogP contribution < -0.4 is 0 Å². The molecule has 0 radical (unpaired) electrons. The van der Waals surface area contributed by atoms with Crippen LogP contribution in [0.1, 0.15) is 40.5 Å². The molecule has 0 atom stereocenters. The molecule has 0 bridgehead atoms. The Bertz CT molecular complexity index is 67.6. The number of hydrogen-bond acceptors (Lipinski definition) is 1. The summed E-state index contributed by atoms with van der Waals surface area (Å²) in [6.07, 6.45) is 5.07. The molecule has 0 aliphatic carbocycles. The molecule has 11 heavy (non-hydrogen) atoms. The summed E-state index contributed by atoms with van der Waals surface area (Å²) in [4.78, 5) is 0. The van der Waals surface area contributed by atoms with Crippen LogP contribution in [-0.4, -0.2) is 13.0 Å². The van der Waals surface area contributed by atoms with Crippen molar-refractivity contribution in [3.63, 3.8) is 0 Å². The molecule has 0 spiro atoms. The molecule has 0 aliphatic heterocycles. The lowest BCUT2D eigenvalue weighted by Gasteiger charge is -2.18. The second kappa shape index (κ2) is 6.72. The second-order valence-corrected chi connectivity index (χ2v) is 3.01. The molecular formula is C9H21BO. The summed E-state index contributed by atoms with van der Waals surface area (Å²) < 4.78 is 5.85. The predicted molar refractivity (Wildman–Crippen MR) is 52.2 cm³/mol. The van der Waals surface area contributed by atoms with Crippen molar-refractivity contribution in [2.45, 2.75) is 59.3 Å². The molecule has 66 valence electrons. The molecule has 2 heteroatoms. The van der Waals surface area contributed by atoms with Crippen LogP contribution in [-0.2, 0) is 4.65 Å². The minimum atomic E-state index is 0.486. The summed E-state index contributed by atoms with van der Waals surface area (Å²) >= 11 is 0. The van der Waals surface area contributed by atoms with Crippen molar-refractivity contribution in [3.05, 3.63) is 0 Å². The van der Waals surface area contributed by atoms with E-state index in [1.807, 2.05) is 0 Å². The van der Waals surface area contributed by atoms with Gasteiger partial charge in [-0.1, -0.05) is 40.3 Å². The summed E-state index contributed by atoms with van der Waals surface area (Å²) in [5, 5.41) is 0. The molecule has 0 aliphatic rings. The van der Waals surface area contributed by atoms with Gasteiger partial charge in [0, 0.05) is 6.10 Å². The van der Waals surface area contributed by atoms with E-state index in [0.717, 1.165) is 25.5 Å². The zero-order valence-corrected chi connectivity index (χ0v) is 8.39. The van der Waals surface area contributed by atoms with Crippen LogP contribution in [0.2, 0.25) is 12.6 Å². The van der Waals surface area contributed by atoms with Crippen molar-refractivity contribution in [2.75, 3.05) is 0 Å². The molecule has 0 fully saturated rings. The van der Waals surface area contributed by atoms with Gasteiger partial charge < -0.3 is 4.65 Å². The molecule has 0 aromatic heterocycles. The maximum Gasteiger partial charge on any atom is 0.292 e. The molecule has 0 aromatic rings. The highest BCUT2D eigenvalue weighted by molar-refractivity contribution is 6.51. The molecule has 0 saturated carbocycles. The molecule has 0 aromatic carbocycles. The zero-order chi connectivity index (χ0) is 8.69. The van der Waals surface area contributed by atoms with Crippen LogP contribution in [0.3, 0.4) is 0 Å². The number of hydrogen-bond donors (Lipinski definition) is 0. The zero-order valence-electron chi connectivity index (χ0n) is 8.39. The van der Waals surface area contributed by atoms with E-state index in [2.05, 4.69) is 27.7 Å². The van der Waals surface area contributed by atoms with Crippen LogP contribution in [0.25, 0.3) is 0 Å². The Labute approximate surface area is 71.6 Å². The van der Waals surface area contributed by atoms with Crippen LogP contribution in [0.5, 0.6) is 0 Å². The van der Waals surface area contributed by atoms with Gasteiger partial charge in [-0.05, 0) is 12.8 Å². The Morgan fingerprint density at radius 2 is 1.45 bits per heavy atom. The van der Waals surface area contributed by atoms with Gasteiger partial charge in [-0.15, -0.1) is 0 Å². The average Bonchev–Trinajstić information content (AvgIpc) is 2.07. The summed E-state index contributed by atoms with van der Waals surface area (Å²) in [5.41, 5.74) is 0. The van der Waals surface area contributed by atoms with Gasteiger partial charge in [0.15, 0.2) is 0 Å². The minimum Gasteiger partial charge on any atom is -0.433 e. The van der Waals surface area contributed by atoms with Crippen molar-refractivity contribution in [1.82, 2.24) is 0 Å². The standard InChI is InChI=1S/C9H21BO/c1-5-9(6-2)11-10(7-3)8-4/h9H,5-8H2,1-4H3. The highest BCUT2D eigenvalue weighted by atomic mass is 16.4. The Morgan fingerprint density at radius 1 is 1.00 bits per heavy atom. The fourth-order valence-corrected chi connectivity index (χ4v) is 1.23. The van der Waals surface area contributed by atoms with Crippen LogP contribution in [0, 0.1) is 0 Å². The molecule has 0 rings (SSSR count). The third-order valence-electron chi connectivity index (χ3n) is 2.21. The largest absolute Gasteiger partial charge is 0.433 e. The van der Waals surface area contributed by atoms with E-state index in [0.29, 0.717) is 13.0 Å². The first-order chi connectivity index (χ1) is 5.28. The summed E-state index contributed by atoms with van der Waals surface area (Å²) in [7, 11) is 0.